The van der Waals surface area contributed by atoms with Crippen LogP contribution in [0.1, 0.15) is 37.5 Å². The second-order valence-electron chi connectivity index (χ2n) is 6.86. The molecule has 0 radical (unpaired) electrons. The Morgan fingerprint density at radius 1 is 1.03 bits per heavy atom. The number of anilines is 1. The van der Waals surface area contributed by atoms with Crippen LogP contribution >= 0.6 is 0 Å². The summed E-state index contributed by atoms with van der Waals surface area (Å²) in [5.74, 6) is -2.82. The minimum atomic E-state index is -3.91. The number of aryl methyl sites for hydroxylation is 2. The van der Waals surface area contributed by atoms with Gasteiger partial charge < -0.3 is 5.32 Å². The third kappa shape index (κ3) is 5.53. The largest absolute Gasteiger partial charge is 0.350 e. The third-order valence-electron chi connectivity index (χ3n) is 4.76. The number of hydrogen-bond acceptors (Lipinski definition) is 3. The predicted octanol–water partition coefficient (Wildman–Crippen LogP) is 3.56. The Balaban J connectivity index is 2.25. The molecular formula is C21H26F2N2O3S. The zero-order valence-electron chi connectivity index (χ0n) is 17.0. The summed E-state index contributed by atoms with van der Waals surface area (Å²) in [6, 6.07) is 7.66. The van der Waals surface area contributed by atoms with Gasteiger partial charge >= 0.3 is 0 Å². The number of nitrogens with one attached hydrogen (secondary N) is 1. The second-order valence-corrected chi connectivity index (χ2v) is 8.72. The van der Waals surface area contributed by atoms with Crippen molar-refractivity contribution in [3.63, 3.8) is 0 Å². The first kappa shape index (κ1) is 22.8. The molecule has 0 spiro atoms. The summed E-state index contributed by atoms with van der Waals surface area (Å²) >= 11 is 0. The van der Waals surface area contributed by atoms with Gasteiger partial charge in [0, 0.05) is 12.6 Å². The van der Waals surface area contributed by atoms with Crippen LogP contribution in [0.5, 0.6) is 0 Å². The van der Waals surface area contributed by atoms with Crippen molar-refractivity contribution >= 4 is 21.6 Å². The topological polar surface area (TPSA) is 66.5 Å². The van der Waals surface area contributed by atoms with E-state index in [1.165, 1.54) is 6.92 Å². The Bertz CT molecular complexity index is 993. The predicted molar refractivity (Wildman–Crippen MR) is 110 cm³/mol. The molecule has 0 fully saturated rings. The molecule has 158 valence electrons. The van der Waals surface area contributed by atoms with Crippen LogP contribution in [0.3, 0.4) is 0 Å². The van der Waals surface area contributed by atoms with Crippen LogP contribution < -0.4 is 9.62 Å². The second kappa shape index (κ2) is 9.35. The maximum Gasteiger partial charge on any atom is 0.243 e. The molecule has 1 N–H and O–H groups in total. The van der Waals surface area contributed by atoms with Crippen LogP contribution in [-0.2, 0) is 34.2 Å². The van der Waals surface area contributed by atoms with Gasteiger partial charge in [0.1, 0.15) is 6.04 Å². The average molecular weight is 425 g/mol. The number of hydrogen-bond donors (Lipinski definition) is 1. The molecule has 0 aliphatic rings. The normalized spacial score (nSPS) is 12.5. The van der Waals surface area contributed by atoms with Crippen molar-refractivity contribution in [2.45, 2.75) is 46.2 Å². The fraction of sp³-hybridized carbons (Fsp3) is 0.381. The van der Waals surface area contributed by atoms with Crippen molar-refractivity contribution in [2.75, 3.05) is 10.6 Å². The highest BCUT2D eigenvalue weighted by Crippen LogP contribution is 2.23. The monoisotopic (exact) mass is 424 g/mol. The number of halogens is 2. The summed E-state index contributed by atoms with van der Waals surface area (Å²) in [6.07, 6.45) is 2.58. The Labute approximate surface area is 170 Å². The number of carbonyl (C=O) groups is 1. The van der Waals surface area contributed by atoms with Crippen molar-refractivity contribution in [1.29, 1.82) is 0 Å². The molecule has 2 aromatic carbocycles. The summed E-state index contributed by atoms with van der Waals surface area (Å²) in [5.41, 5.74) is 3.08. The molecule has 0 aliphatic carbocycles. The minimum Gasteiger partial charge on any atom is -0.350 e. The van der Waals surface area contributed by atoms with E-state index >= 15 is 0 Å². The van der Waals surface area contributed by atoms with E-state index in [1.54, 1.807) is 0 Å². The van der Waals surface area contributed by atoms with Gasteiger partial charge in [-0.05, 0) is 48.6 Å². The lowest BCUT2D eigenvalue weighted by Crippen LogP contribution is -2.47. The van der Waals surface area contributed by atoms with Crippen molar-refractivity contribution in [2.24, 2.45) is 0 Å². The molecule has 0 aliphatic heterocycles. The number of carbonyl (C=O) groups excluding carboxylic acids is 1. The summed E-state index contributed by atoms with van der Waals surface area (Å²) in [5, 5.41) is 2.76. The minimum absolute atomic E-state index is 0.115. The fourth-order valence-corrected chi connectivity index (χ4v) is 4.34. The van der Waals surface area contributed by atoms with Gasteiger partial charge in [0.2, 0.25) is 15.9 Å². The lowest BCUT2D eigenvalue weighted by Gasteiger charge is -2.28. The van der Waals surface area contributed by atoms with E-state index in [-0.39, 0.29) is 12.2 Å². The molecule has 0 bridgehead atoms. The molecule has 1 amide bonds. The Kier molecular flexibility index (Phi) is 7.35. The van der Waals surface area contributed by atoms with Gasteiger partial charge in [-0.15, -0.1) is 0 Å². The highest BCUT2D eigenvalue weighted by Gasteiger charge is 2.29. The summed E-state index contributed by atoms with van der Waals surface area (Å²) in [4.78, 5) is 12.7. The van der Waals surface area contributed by atoms with Gasteiger partial charge in [0.15, 0.2) is 11.6 Å². The zero-order valence-corrected chi connectivity index (χ0v) is 17.8. The molecule has 0 saturated carbocycles. The van der Waals surface area contributed by atoms with Crippen LogP contribution in [0, 0.1) is 11.6 Å². The number of benzene rings is 2. The van der Waals surface area contributed by atoms with E-state index in [4.69, 9.17) is 0 Å². The maximum atomic E-state index is 13.6. The molecule has 8 heteroatoms. The molecule has 29 heavy (non-hydrogen) atoms. The lowest BCUT2D eigenvalue weighted by atomic mass is 10.0. The van der Waals surface area contributed by atoms with Gasteiger partial charge in [0.05, 0.1) is 11.9 Å². The molecule has 5 nitrogen and oxygen atoms in total. The maximum absolute atomic E-state index is 13.6. The van der Waals surface area contributed by atoms with Crippen molar-refractivity contribution in [3.05, 3.63) is 64.7 Å². The molecule has 0 aromatic heterocycles. The van der Waals surface area contributed by atoms with Gasteiger partial charge in [-0.2, -0.15) is 0 Å². The zero-order chi connectivity index (χ0) is 21.8. The third-order valence-corrected chi connectivity index (χ3v) is 6.00. The van der Waals surface area contributed by atoms with E-state index in [1.807, 2.05) is 32.0 Å². The van der Waals surface area contributed by atoms with E-state index in [9.17, 15) is 22.0 Å². The summed E-state index contributed by atoms with van der Waals surface area (Å²) < 4.78 is 52.2. The molecule has 0 saturated heterocycles. The Morgan fingerprint density at radius 3 is 2.28 bits per heavy atom. The van der Waals surface area contributed by atoms with E-state index in [2.05, 4.69) is 5.32 Å². The van der Waals surface area contributed by atoms with Gasteiger partial charge in [-0.3, -0.25) is 9.10 Å². The van der Waals surface area contributed by atoms with Crippen molar-refractivity contribution in [3.8, 4) is 0 Å². The first-order valence-electron chi connectivity index (χ1n) is 9.41. The standard InChI is InChI=1S/C21H26F2N2O3S/c1-5-15-7-8-16(6-2)17(11-15)13-24-21(26)14(3)25(29(4,27)28)18-9-10-19(22)20(23)12-18/h7-12,14H,5-6,13H2,1-4H3,(H,24,26)/t14-/m0/s1. The number of sulfonamides is 1. The van der Waals surface area contributed by atoms with Crippen molar-refractivity contribution < 1.29 is 22.0 Å². The SMILES string of the molecule is CCc1ccc(CC)c(CNC(=O)[C@H](C)N(c2ccc(F)c(F)c2)S(C)(=O)=O)c1. The average Bonchev–Trinajstić information content (AvgIpc) is 2.67. The molecule has 2 aromatic rings. The summed E-state index contributed by atoms with van der Waals surface area (Å²) in [7, 11) is -3.91. The van der Waals surface area contributed by atoms with Crippen LogP contribution in [0.4, 0.5) is 14.5 Å². The van der Waals surface area contributed by atoms with Gasteiger partial charge in [0.25, 0.3) is 0 Å². The smallest absolute Gasteiger partial charge is 0.243 e. The lowest BCUT2D eigenvalue weighted by molar-refractivity contribution is -0.122. The van der Waals surface area contributed by atoms with E-state index in [0.29, 0.717) is 0 Å². The van der Waals surface area contributed by atoms with Crippen LogP contribution in [0.15, 0.2) is 36.4 Å². The van der Waals surface area contributed by atoms with Gasteiger partial charge in [-0.25, -0.2) is 17.2 Å². The molecule has 2 rings (SSSR count). The quantitative estimate of drug-likeness (QED) is 0.705. The van der Waals surface area contributed by atoms with Crippen LogP contribution in [-0.4, -0.2) is 26.6 Å². The number of amides is 1. The number of nitrogens with zero attached hydrogens (tertiary/aromatic N) is 1. The highest BCUT2D eigenvalue weighted by molar-refractivity contribution is 7.92. The number of rotatable bonds is 8. The molecule has 0 heterocycles. The Morgan fingerprint density at radius 2 is 1.72 bits per heavy atom. The van der Waals surface area contributed by atoms with Crippen molar-refractivity contribution in [1.82, 2.24) is 5.32 Å². The van der Waals surface area contributed by atoms with E-state index in [0.717, 1.165) is 58.3 Å². The van der Waals surface area contributed by atoms with Crippen LogP contribution in [0.25, 0.3) is 0 Å². The first-order chi connectivity index (χ1) is 13.6. The van der Waals surface area contributed by atoms with Crippen LogP contribution in [0.2, 0.25) is 0 Å². The molecule has 0 unspecified atom stereocenters. The fourth-order valence-electron chi connectivity index (χ4n) is 3.17. The Hall–Kier alpha value is -2.48. The van der Waals surface area contributed by atoms with Gasteiger partial charge in [-0.1, -0.05) is 32.0 Å². The summed E-state index contributed by atoms with van der Waals surface area (Å²) in [6.45, 7) is 5.71. The highest BCUT2D eigenvalue weighted by atomic mass is 32.2. The molecule has 1 atom stereocenters. The molecular weight excluding hydrogens is 398 g/mol. The van der Waals surface area contributed by atoms with E-state index < -0.39 is 33.6 Å². The first-order valence-corrected chi connectivity index (χ1v) is 11.3.